The summed E-state index contributed by atoms with van der Waals surface area (Å²) in [6.45, 7) is 0. The lowest BCUT2D eigenvalue weighted by molar-refractivity contribution is 0.289. The normalized spacial score (nSPS) is 10.6. The van der Waals surface area contributed by atoms with Crippen LogP contribution in [0.4, 0.5) is 0 Å². The van der Waals surface area contributed by atoms with Crippen LogP contribution in [0.15, 0.2) is 47.8 Å². The minimum Gasteiger partial charge on any atom is -0.369 e. The first-order valence-corrected chi connectivity index (χ1v) is 6.02. The van der Waals surface area contributed by atoms with Gasteiger partial charge in [-0.15, -0.1) is 11.3 Å². The van der Waals surface area contributed by atoms with Crippen molar-refractivity contribution in [2.45, 2.75) is 6.10 Å². The van der Waals surface area contributed by atoms with E-state index < -0.39 is 6.10 Å². The van der Waals surface area contributed by atoms with Crippen LogP contribution in [0.5, 0.6) is 0 Å². The quantitative estimate of drug-likeness (QED) is 0.699. The van der Waals surface area contributed by atoms with Crippen LogP contribution < -0.4 is 0 Å². The molecule has 0 saturated carbocycles. The summed E-state index contributed by atoms with van der Waals surface area (Å²) >= 11 is 1.55. The highest BCUT2D eigenvalue weighted by Gasteiger charge is 1.91. The molecule has 82 valence electrons. The largest absolute Gasteiger partial charge is 0.369 e. The maximum atomic E-state index is 9.57. The molecule has 0 amide bonds. The van der Waals surface area contributed by atoms with E-state index >= 15 is 0 Å². The van der Waals surface area contributed by atoms with E-state index in [1.54, 1.807) is 11.3 Å². The highest BCUT2D eigenvalue weighted by Crippen LogP contribution is 2.05. The molecule has 0 bridgehead atoms. The summed E-state index contributed by atoms with van der Waals surface area (Å²) in [4.78, 5) is 0.936. The zero-order valence-electron chi connectivity index (χ0n) is 9.05. The van der Waals surface area contributed by atoms with Crippen molar-refractivity contribution in [2.75, 3.05) is 0 Å². The molecule has 2 aromatic rings. The molecular formula is C15H10OS. The summed E-state index contributed by atoms with van der Waals surface area (Å²) in [7, 11) is 0. The number of benzene rings is 1. The van der Waals surface area contributed by atoms with Gasteiger partial charge in [-0.2, -0.15) is 0 Å². The van der Waals surface area contributed by atoms with Crippen molar-refractivity contribution in [1.82, 2.24) is 0 Å². The van der Waals surface area contributed by atoms with E-state index in [4.69, 9.17) is 0 Å². The minimum atomic E-state index is -0.905. The number of rotatable bonds is 0. The Hall–Kier alpha value is -2.00. The number of hydrogen-bond acceptors (Lipinski definition) is 2. The third-order valence-corrected chi connectivity index (χ3v) is 2.77. The van der Waals surface area contributed by atoms with Crippen molar-refractivity contribution in [1.29, 1.82) is 0 Å². The molecule has 17 heavy (non-hydrogen) atoms. The van der Waals surface area contributed by atoms with Crippen molar-refractivity contribution < 1.29 is 5.11 Å². The molecule has 1 nitrogen and oxygen atoms in total. The van der Waals surface area contributed by atoms with Crippen molar-refractivity contribution in [2.24, 2.45) is 0 Å². The van der Waals surface area contributed by atoms with Gasteiger partial charge in [-0.1, -0.05) is 47.9 Å². The van der Waals surface area contributed by atoms with Crippen LogP contribution in [0.25, 0.3) is 0 Å². The Morgan fingerprint density at radius 3 is 2.41 bits per heavy atom. The van der Waals surface area contributed by atoms with Gasteiger partial charge in [0.05, 0.1) is 4.88 Å². The smallest absolute Gasteiger partial charge is 0.177 e. The second-order valence-electron chi connectivity index (χ2n) is 3.28. The minimum absolute atomic E-state index is 0.879. The maximum absolute atomic E-state index is 9.57. The highest BCUT2D eigenvalue weighted by atomic mass is 32.1. The fraction of sp³-hybridized carbons (Fsp3) is 0.0667. The van der Waals surface area contributed by atoms with Crippen molar-refractivity contribution in [3.8, 4) is 23.7 Å². The lowest BCUT2D eigenvalue weighted by Crippen LogP contribution is -1.97. The Bertz CT molecular complexity index is 577. The van der Waals surface area contributed by atoms with Crippen molar-refractivity contribution >= 4 is 11.3 Å². The molecule has 0 spiro atoms. The molecule has 2 heteroatoms. The number of aliphatic hydroxyl groups excluding tert-OH is 1. The maximum Gasteiger partial charge on any atom is 0.177 e. The van der Waals surface area contributed by atoms with Crippen LogP contribution in [0.2, 0.25) is 0 Å². The SMILES string of the molecule is OC(C#Cc1ccccc1)C#Cc1cccs1. The Morgan fingerprint density at radius 1 is 0.941 bits per heavy atom. The van der Waals surface area contributed by atoms with Crippen molar-refractivity contribution in [3.05, 3.63) is 58.3 Å². The van der Waals surface area contributed by atoms with Crippen LogP contribution in [0, 0.1) is 23.7 Å². The van der Waals surface area contributed by atoms with E-state index in [2.05, 4.69) is 23.7 Å². The second kappa shape index (κ2) is 5.92. The second-order valence-corrected chi connectivity index (χ2v) is 4.23. The van der Waals surface area contributed by atoms with Gasteiger partial charge < -0.3 is 5.11 Å². The van der Waals surface area contributed by atoms with Gasteiger partial charge in [0.2, 0.25) is 0 Å². The highest BCUT2D eigenvalue weighted by molar-refractivity contribution is 7.10. The number of thiophene rings is 1. The van der Waals surface area contributed by atoms with E-state index in [0.29, 0.717) is 0 Å². The van der Waals surface area contributed by atoms with Crippen LogP contribution in [0.3, 0.4) is 0 Å². The predicted octanol–water partition coefficient (Wildman–Crippen LogP) is 2.51. The fourth-order valence-electron chi connectivity index (χ4n) is 1.20. The summed E-state index contributed by atoms with van der Waals surface area (Å²) in [5.41, 5.74) is 0.879. The monoisotopic (exact) mass is 238 g/mol. The summed E-state index contributed by atoms with van der Waals surface area (Å²) < 4.78 is 0. The molecule has 1 N–H and O–H groups in total. The molecule has 1 atom stereocenters. The number of aliphatic hydroxyl groups is 1. The fourth-order valence-corrected chi connectivity index (χ4v) is 1.78. The first-order valence-electron chi connectivity index (χ1n) is 5.14. The van der Waals surface area contributed by atoms with Gasteiger partial charge in [0.15, 0.2) is 6.10 Å². The first-order chi connectivity index (χ1) is 8.34. The van der Waals surface area contributed by atoms with Crippen molar-refractivity contribution in [3.63, 3.8) is 0 Å². The topological polar surface area (TPSA) is 20.2 Å². The van der Waals surface area contributed by atoms with E-state index in [1.807, 2.05) is 47.8 Å². The van der Waals surface area contributed by atoms with Crippen LogP contribution in [0.1, 0.15) is 10.4 Å². The van der Waals surface area contributed by atoms with Gasteiger partial charge in [0, 0.05) is 5.56 Å². The average Bonchev–Trinajstić information content (AvgIpc) is 2.88. The van der Waals surface area contributed by atoms with Crippen LogP contribution in [-0.4, -0.2) is 11.2 Å². The zero-order chi connectivity index (χ0) is 11.9. The van der Waals surface area contributed by atoms with Gasteiger partial charge in [-0.25, -0.2) is 0 Å². The van der Waals surface area contributed by atoms with Gasteiger partial charge in [0.1, 0.15) is 0 Å². The molecule has 1 heterocycles. The number of hydrogen-bond donors (Lipinski definition) is 1. The zero-order valence-corrected chi connectivity index (χ0v) is 9.87. The Balaban J connectivity index is 2.03. The summed E-state index contributed by atoms with van der Waals surface area (Å²) in [5, 5.41) is 11.5. The summed E-state index contributed by atoms with van der Waals surface area (Å²) in [6, 6.07) is 13.4. The Labute approximate surface area is 105 Å². The van der Waals surface area contributed by atoms with Gasteiger partial charge in [0.25, 0.3) is 0 Å². The van der Waals surface area contributed by atoms with Crippen LogP contribution >= 0.6 is 11.3 Å². The molecule has 0 fully saturated rings. The molecule has 0 aliphatic heterocycles. The third kappa shape index (κ3) is 3.81. The average molecular weight is 238 g/mol. The lowest BCUT2D eigenvalue weighted by Gasteiger charge is -1.89. The van der Waals surface area contributed by atoms with Gasteiger partial charge in [-0.05, 0) is 23.6 Å². The molecule has 1 unspecified atom stereocenters. The van der Waals surface area contributed by atoms with E-state index in [-0.39, 0.29) is 0 Å². The molecular weight excluding hydrogens is 228 g/mol. The first kappa shape index (κ1) is 11.5. The Morgan fingerprint density at radius 2 is 1.71 bits per heavy atom. The standard InChI is InChI=1S/C15H10OS/c16-14(10-11-15-7-4-12-17-15)9-8-13-5-2-1-3-6-13/h1-7,12,14,16H. The lowest BCUT2D eigenvalue weighted by atomic mass is 10.2. The molecule has 1 aromatic heterocycles. The van der Waals surface area contributed by atoms with E-state index in [9.17, 15) is 5.11 Å². The molecule has 1 aromatic carbocycles. The molecule has 0 saturated heterocycles. The third-order valence-electron chi connectivity index (χ3n) is 1.98. The summed E-state index contributed by atoms with van der Waals surface area (Å²) in [5.74, 6) is 11.1. The van der Waals surface area contributed by atoms with E-state index in [1.165, 1.54) is 0 Å². The van der Waals surface area contributed by atoms with Crippen LogP contribution in [-0.2, 0) is 0 Å². The predicted molar refractivity (Wildman–Crippen MR) is 70.5 cm³/mol. The van der Waals surface area contributed by atoms with E-state index in [0.717, 1.165) is 10.4 Å². The van der Waals surface area contributed by atoms with Gasteiger partial charge in [-0.3, -0.25) is 0 Å². The summed E-state index contributed by atoms with van der Waals surface area (Å²) in [6.07, 6.45) is -0.905. The Kier molecular flexibility index (Phi) is 4.00. The molecule has 0 aliphatic carbocycles. The molecule has 0 radical (unpaired) electrons. The molecule has 2 rings (SSSR count). The molecule has 0 aliphatic rings. The van der Waals surface area contributed by atoms with Gasteiger partial charge >= 0.3 is 0 Å².